The third kappa shape index (κ3) is 4.22. The summed E-state index contributed by atoms with van der Waals surface area (Å²) in [5.74, 6) is -0.813. The van der Waals surface area contributed by atoms with Crippen LogP contribution >= 0.6 is 0 Å². The average molecular weight is 451 g/mol. The lowest BCUT2D eigenvalue weighted by Gasteiger charge is -2.36. The van der Waals surface area contributed by atoms with Gasteiger partial charge in [-0.15, -0.1) is 0 Å². The highest BCUT2D eigenvalue weighted by Gasteiger charge is 2.47. The maximum Gasteiger partial charge on any atom is 0.244 e. The fourth-order valence-electron chi connectivity index (χ4n) is 5.53. The zero-order valence-electron chi connectivity index (χ0n) is 19.3. The molecule has 0 radical (unpaired) electrons. The Balaban J connectivity index is 1.38. The van der Waals surface area contributed by atoms with E-state index in [0.717, 1.165) is 42.6 Å². The number of fused-ring (bicyclic) bond motifs is 3. The number of hydrogen-bond donors (Lipinski definition) is 1. The van der Waals surface area contributed by atoms with E-state index in [1.165, 1.54) is 22.7 Å². The maximum atomic E-state index is 14.2. The Morgan fingerprint density at radius 1 is 1.18 bits per heavy atom. The van der Waals surface area contributed by atoms with Crippen LogP contribution in [0.25, 0.3) is 0 Å². The molecule has 3 atom stereocenters. The Kier molecular flexibility index (Phi) is 5.83. The van der Waals surface area contributed by atoms with E-state index >= 15 is 0 Å². The number of rotatable bonds is 4. The number of likely N-dealkylation sites (tertiary alicyclic amines) is 1. The van der Waals surface area contributed by atoms with E-state index in [2.05, 4.69) is 42.4 Å². The Morgan fingerprint density at radius 3 is 2.82 bits per heavy atom. The van der Waals surface area contributed by atoms with Crippen molar-refractivity contribution in [3.05, 3.63) is 65.0 Å². The average Bonchev–Trinajstić information content (AvgIpc) is 3.09. The minimum absolute atomic E-state index is 0.0126. The summed E-state index contributed by atoms with van der Waals surface area (Å²) in [6.07, 6.45) is 3.14. The van der Waals surface area contributed by atoms with Crippen molar-refractivity contribution in [3.63, 3.8) is 0 Å². The first-order valence-electron chi connectivity index (χ1n) is 11.9. The van der Waals surface area contributed by atoms with Crippen LogP contribution in [0.3, 0.4) is 0 Å². The number of carbonyl (C=O) groups is 2. The van der Waals surface area contributed by atoms with Crippen LogP contribution in [-0.4, -0.2) is 47.4 Å². The molecule has 2 amide bonds. The molecule has 6 nitrogen and oxygen atoms in total. The van der Waals surface area contributed by atoms with E-state index < -0.39 is 0 Å². The molecule has 2 fully saturated rings. The summed E-state index contributed by atoms with van der Waals surface area (Å²) in [7, 11) is 0. The van der Waals surface area contributed by atoms with E-state index in [4.69, 9.17) is 0 Å². The van der Waals surface area contributed by atoms with Gasteiger partial charge in [0.25, 0.3) is 0 Å². The molecular formula is C26H31FN4O2. The monoisotopic (exact) mass is 450 g/mol. The van der Waals surface area contributed by atoms with Gasteiger partial charge >= 0.3 is 0 Å². The fraction of sp³-hybridized carbons (Fsp3) is 0.462. The molecule has 0 spiro atoms. The van der Waals surface area contributed by atoms with Crippen molar-refractivity contribution < 1.29 is 14.0 Å². The first kappa shape index (κ1) is 21.9. The molecule has 3 aliphatic heterocycles. The number of nitrogens with one attached hydrogen (secondary N) is 1. The smallest absolute Gasteiger partial charge is 0.244 e. The van der Waals surface area contributed by atoms with Gasteiger partial charge in [-0.3, -0.25) is 14.6 Å². The third-order valence-corrected chi connectivity index (χ3v) is 7.24. The number of amides is 2. The van der Waals surface area contributed by atoms with Crippen LogP contribution in [-0.2, 0) is 16.1 Å². The molecule has 2 aromatic rings. The second kappa shape index (κ2) is 8.78. The highest BCUT2D eigenvalue weighted by molar-refractivity contribution is 5.89. The molecule has 7 heteroatoms. The van der Waals surface area contributed by atoms with Crippen LogP contribution in [0.4, 0.5) is 10.1 Å². The molecular weight excluding hydrogens is 419 g/mol. The van der Waals surface area contributed by atoms with Gasteiger partial charge in [0.15, 0.2) is 0 Å². The lowest BCUT2D eigenvalue weighted by molar-refractivity contribution is -0.143. The Morgan fingerprint density at radius 2 is 2.03 bits per heavy atom. The summed E-state index contributed by atoms with van der Waals surface area (Å²) in [5.41, 5.74) is 7.27. The topological polar surface area (TPSA) is 55.9 Å². The van der Waals surface area contributed by atoms with Gasteiger partial charge in [-0.25, -0.2) is 9.82 Å². The summed E-state index contributed by atoms with van der Waals surface area (Å²) >= 11 is 0. The number of hydrazine groups is 1. The first-order chi connectivity index (χ1) is 15.9. The quantitative estimate of drug-likeness (QED) is 0.774. The lowest BCUT2D eigenvalue weighted by atomic mass is 9.87. The number of benzene rings is 2. The molecule has 0 saturated carbocycles. The summed E-state index contributed by atoms with van der Waals surface area (Å²) in [6.45, 7) is 6.04. The van der Waals surface area contributed by atoms with E-state index in [1.807, 2.05) is 11.0 Å². The van der Waals surface area contributed by atoms with Crippen LogP contribution in [0.1, 0.15) is 48.9 Å². The molecule has 0 aliphatic carbocycles. The van der Waals surface area contributed by atoms with Crippen molar-refractivity contribution in [3.8, 4) is 0 Å². The van der Waals surface area contributed by atoms with E-state index in [9.17, 15) is 14.0 Å². The summed E-state index contributed by atoms with van der Waals surface area (Å²) in [6, 6.07) is 12.9. The molecule has 5 rings (SSSR count). The van der Waals surface area contributed by atoms with Gasteiger partial charge in [0.2, 0.25) is 11.8 Å². The number of anilines is 1. The Hall–Kier alpha value is -2.93. The number of hydrogen-bond acceptors (Lipinski definition) is 4. The maximum absolute atomic E-state index is 14.2. The molecule has 1 N–H and O–H groups in total. The number of nitrogens with zero attached hydrogens (tertiary/aromatic N) is 3. The van der Waals surface area contributed by atoms with Gasteiger partial charge in [0, 0.05) is 31.4 Å². The van der Waals surface area contributed by atoms with Crippen molar-refractivity contribution in [1.82, 2.24) is 15.3 Å². The summed E-state index contributed by atoms with van der Waals surface area (Å²) in [5, 5.41) is 1.46. The molecule has 174 valence electrons. The van der Waals surface area contributed by atoms with Gasteiger partial charge in [-0.2, -0.15) is 0 Å². The predicted octanol–water partition coefficient (Wildman–Crippen LogP) is 3.56. The second-order valence-electron chi connectivity index (χ2n) is 9.64. The van der Waals surface area contributed by atoms with E-state index in [0.29, 0.717) is 13.1 Å². The predicted molar refractivity (Wildman–Crippen MR) is 125 cm³/mol. The van der Waals surface area contributed by atoms with Crippen LogP contribution < -0.4 is 10.3 Å². The Labute approximate surface area is 194 Å². The van der Waals surface area contributed by atoms with Gasteiger partial charge < -0.3 is 9.80 Å². The number of aryl methyl sites for hydroxylation is 1. The van der Waals surface area contributed by atoms with Crippen molar-refractivity contribution in [2.24, 2.45) is 5.92 Å². The molecule has 0 bridgehead atoms. The van der Waals surface area contributed by atoms with Crippen molar-refractivity contribution >= 4 is 17.5 Å². The van der Waals surface area contributed by atoms with Crippen LogP contribution in [0, 0.1) is 18.7 Å². The van der Waals surface area contributed by atoms with Gasteiger partial charge in [0.1, 0.15) is 12.4 Å². The largest absolute Gasteiger partial charge is 0.366 e. The fourth-order valence-corrected chi connectivity index (χ4v) is 5.53. The van der Waals surface area contributed by atoms with Crippen molar-refractivity contribution in [1.29, 1.82) is 0 Å². The molecule has 33 heavy (non-hydrogen) atoms. The van der Waals surface area contributed by atoms with E-state index in [-0.39, 0.29) is 42.2 Å². The van der Waals surface area contributed by atoms with E-state index in [1.54, 1.807) is 6.07 Å². The molecule has 3 unspecified atom stereocenters. The number of halogens is 1. The highest BCUT2D eigenvalue weighted by atomic mass is 19.1. The standard InChI is InChI=1S/C26H31FN4O2/c1-17-6-5-8-19(12-17)14-29-15-22-25(21-13-20(27)9-10-23(21)29)28-31(26(22)33)16-24(32)30-11-4-3-7-18(30)2/h5-6,8-10,12-13,18,22,25,28H,3-4,7,11,14-16H2,1-2H3. The van der Waals surface area contributed by atoms with Gasteiger partial charge in [0.05, 0.1) is 12.0 Å². The number of carbonyl (C=O) groups excluding carboxylic acids is 2. The SMILES string of the molecule is Cc1cccc(CN2CC3C(=O)N(CC(=O)N4CCCCC4C)NC3c3cc(F)ccc32)c1. The highest BCUT2D eigenvalue weighted by Crippen LogP contribution is 2.42. The van der Waals surface area contributed by atoms with Crippen molar-refractivity contribution in [2.75, 3.05) is 24.5 Å². The third-order valence-electron chi connectivity index (χ3n) is 7.24. The summed E-state index contributed by atoms with van der Waals surface area (Å²) in [4.78, 5) is 30.4. The van der Waals surface area contributed by atoms with Gasteiger partial charge in [-0.05, 0) is 62.4 Å². The number of piperidine rings is 1. The van der Waals surface area contributed by atoms with Crippen LogP contribution in [0.5, 0.6) is 0 Å². The summed E-state index contributed by atoms with van der Waals surface area (Å²) < 4.78 is 14.2. The molecule has 0 aromatic heterocycles. The minimum atomic E-state index is -0.365. The van der Waals surface area contributed by atoms with Crippen molar-refractivity contribution in [2.45, 2.75) is 51.7 Å². The minimum Gasteiger partial charge on any atom is -0.366 e. The lowest BCUT2D eigenvalue weighted by Crippen LogP contribution is -2.49. The van der Waals surface area contributed by atoms with Crippen LogP contribution in [0.15, 0.2) is 42.5 Å². The molecule has 2 aromatic carbocycles. The molecule has 3 aliphatic rings. The van der Waals surface area contributed by atoms with Crippen LogP contribution in [0.2, 0.25) is 0 Å². The first-order valence-corrected chi connectivity index (χ1v) is 11.9. The molecule has 2 saturated heterocycles. The zero-order chi connectivity index (χ0) is 23.1. The zero-order valence-corrected chi connectivity index (χ0v) is 19.3. The normalized spacial score (nSPS) is 24.6. The molecule has 3 heterocycles. The Bertz CT molecular complexity index is 1070. The second-order valence-corrected chi connectivity index (χ2v) is 9.64. The van der Waals surface area contributed by atoms with Gasteiger partial charge in [-0.1, -0.05) is 29.8 Å².